The third kappa shape index (κ3) is 4.14. The van der Waals surface area contributed by atoms with Gasteiger partial charge in [-0.15, -0.1) is 0 Å². The van der Waals surface area contributed by atoms with Crippen molar-refractivity contribution < 1.29 is 4.79 Å². The van der Waals surface area contributed by atoms with Crippen molar-refractivity contribution in [3.63, 3.8) is 0 Å². The maximum Gasteiger partial charge on any atom is 0.150 e. The highest BCUT2D eigenvalue weighted by molar-refractivity contribution is 14.1. The van der Waals surface area contributed by atoms with E-state index in [-0.39, 0.29) is 0 Å². The van der Waals surface area contributed by atoms with Crippen LogP contribution in [0.15, 0.2) is 24.3 Å². The van der Waals surface area contributed by atoms with Gasteiger partial charge in [-0.1, -0.05) is 26.0 Å². The lowest BCUT2D eigenvalue weighted by molar-refractivity contribution is 0.112. The van der Waals surface area contributed by atoms with Crippen molar-refractivity contribution in [3.05, 3.63) is 33.4 Å². The van der Waals surface area contributed by atoms with Gasteiger partial charge in [0.2, 0.25) is 0 Å². The highest BCUT2D eigenvalue weighted by Crippen LogP contribution is 2.04. The first kappa shape index (κ1) is 10.6. The van der Waals surface area contributed by atoms with E-state index in [1.165, 1.54) is 0 Å². The maximum absolute atomic E-state index is 10.2. The summed E-state index contributed by atoms with van der Waals surface area (Å²) < 4.78 is 1.09. The molecule has 0 amide bonds. The molecule has 60 valence electrons. The molecule has 0 aliphatic rings. The summed E-state index contributed by atoms with van der Waals surface area (Å²) in [6.45, 7) is 4.00. The fourth-order valence-electron chi connectivity index (χ4n) is 0.580. The van der Waals surface area contributed by atoms with E-state index in [0.717, 1.165) is 15.4 Å². The van der Waals surface area contributed by atoms with Gasteiger partial charge in [0, 0.05) is 9.13 Å². The van der Waals surface area contributed by atoms with E-state index in [0.29, 0.717) is 0 Å². The zero-order chi connectivity index (χ0) is 8.69. The molecule has 0 saturated heterocycles. The van der Waals surface area contributed by atoms with Crippen LogP contribution in [0.1, 0.15) is 24.2 Å². The largest absolute Gasteiger partial charge is 0.298 e. The summed E-state index contributed by atoms with van der Waals surface area (Å²) in [7, 11) is 0. The summed E-state index contributed by atoms with van der Waals surface area (Å²) in [5, 5.41) is 0. The van der Waals surface area contributed by atoms with E-state index >= 15 is 0 Å². The molecule has 0 radical (unpaired) electrons. The van der Waals surface area contributed by atoms with Crippen LogP contribution in [0.2, 0.25) is 0 Å². The van der Waals surface area contributed by atoms with Crippen LogP contribution in [-0.4, -0.2) is 6.29 Å². The first-order valence-electron chi connectivity index (χ1n) is 3.53. The van der Waals surface area contributed by atoms with Crippen LogP contribution in [0.3, 0.4) is 0 Å². The number of carbonyl (C=O) groups excluding carboxylic acids is 1. The van der Waals surface area contributed by atoms with Crippen LogP contribution < -0.4 is 0 Å². The molecular weight excluding hydrogens is 251 g/mol. The standard InChI is InChI=1S/C7H5IO.C2H6/c8-7-3-1-2-6(4-7)5-9;1-2/h1-5H;1-2H3. The van der Waals surface area contributed by atoms with Gasteiger partial charge in [0.25, 0.3) is 0 Å². The molecule has 0 N–H and O–H groups in total. The van der Waals surface area contributed by atoms with Crippen LogP contribution >= 0.6 is 22.6 Å². The van der Waals surface area contributed by atoms with E-state index in [4.69, 9.17) is 0 Å². The van der Waals surface area contributed by atoms with E-state index in [1.54, 1.807) is 6.07 Å². The fourth-order valence-corrected chi connectivity index (χ4v) is 1.15. The number of hydrogen-bond donors (Lipinski definition) is 0. The third-order valence-corrected chi connectivity index (χ3v) is 1.66. The topological polar surface area (TPSA) is 17.1 Å². The first-order valence-corrected chi connectivity index (χ1v) is 4.61. The maximum atomic E-state index is 10.2. The van der Waals surface area contributed by atoms with Crippen molar-refractivity contribution in [2.24, 2.45) is 0 Å². The Hall–Kier alpha value is -0.380. The first-order chi connectivity index (χ1) is 5.33. The fraction of sp³-hybridized carbons (Fsp3) is 0.222. The average Bonchev–Trinajstić information content (AvgIpc) is 2.08. The number of rotatable bonds is 1. The second kappa shape index (κ2) is 6.34. The van der Waals surface area contributed by atoms with Crippen LogP contribution in [-0.2, 0) is 0 Å². The Morgan fingerprint density at radius 1 is 1.36 bits per heavy atom. The van der Waals surface area contributed by atoms with Gasteiger partial charge < -0.3 is 0 Å². The van der Waals surface area contributed by atoms with Gasteiger partial charge in [-0.25, -0.2) is 0 Å². The Kier molecular flexibility index (Phi) is 6.12. The molecule has 1 aromatic rings. The van der Waals surface area contributed by atoms with Gasteiger partial charge in [-0.2, -0.15) is 0 Å². The summed E-state index contributed by atoms with van der Waals surface area (Å²) in [4.78, 5) is 10.2. The molecule has 11 heavy (non-hydrogen) atoms. The summed E-state index contributed by atoms with van der Waals surface area (Å²) in [5.41, 5.74) is 0.738. The Morgan fingerprint density at radius 3 is 2.36 bits per heavy atom. The van der Waals surface area contributed by atoms with Gasteiger partial charge in [-0.3, -0.25) is 4.79 Å². The lowest BCUT2D eigenvalue weighted by Crippen LogP contribution is -1.77. The number of benzene rings is 1. The molecule has 0 unspecified atom stereocenters. The number of aldehydes is 1. The van der Waals surface area contributed by atoms with Crippen LogP contribution in [0, 0.1) is 3.57 Å². The lowest BCUT2D eigenvalue weighted by Gasteiger charge is -1.88. The Labute approximate surface area is 81.0 Å². The van der Waals surface area contributed by atoms with Crippen LogP contribution in [0.4, 0.5) is 0 Å². The monoisotopic (exact) mass is 262 g/mol. The van der Waals surface area contributed by atoms with Gasteiger partial charge in [0.15, 0.2) is 0 Å². The molecule has 0 aliphatic heterocycles. The molecular formula is C9H11IO. The minimum Gasteiger partial charge on any atom is -0.298 e. The normalized spacial score (nSPS) is 7.91. The highest BCUT2D eigenvalue weighted by Gasteiger charge is 1.87. The average molecular weight is 262 g/mol. The lowest BCUT2D eigenvalue weighted by atomic mass is 10.2. The quantitative estimate of drug-likeness (QED) is 0.561. The Balaban J connectivity index is 0.000000461. The Bertz CT molecular complexity index is 221. The van der Waals surface area contributed by atoms with Crippen molar-refractivity contribution >= 4 is 28.9 Å². The smallest absolute Gasteiger partial charge is 0.150 e. The number of carbonyl (C=O) groups is 1. The van der Waals surface area contributed by atoms with Crippen molar-refractivity contribution in [3.8, 4) is 0 Å². The number of halogens is 1. The molecule has 0 heterocycles. The number of hydrogen-bond acceptors (Lipinski definition) is 1. The molecule has 2 heteroatoms. The van der Waals surface area contributed by atoms with E-state index in [2.05, 4.69) is 22.6 Å². The molecule has 0 bridgehead atoms. The molecule has 0 atom stereocenters. The van der Waals surface area contributed by atoms with Gasteiger partial charge in [0.1, 0.15) is 6.29 Å². The molecule has 1 aromatic carbocycles. The summed E-state index contributed by atoms with van der Waals surface area (Å²) in [6, 6.07) is 7.45. The minimum absolute atomic E-state index is 0.738. The van der Waals surface area contributed by atoms with E-state index in [1.807, 2.05) is 32.0 Å². The predicted molar refractivity (Wildman–Crippen MR) is 55.9 cm³/mol. The molecule has 0 saturated carbocycles. The highest BCUT2D eigenvalue weighted by atomic mass is 127. The summed E-state index contributed by atoms with van der Waals surface area (Å²) in [5.74, 6) is 0. The summed E-state index contributed by atoms with van der Waals surface area (Å²) in [6.07, 6.45) is 0.849. The molecule has 1 rings (SSSR count). The Morgan fingerprint density at radius 2 is 2.00 bits per heavy atom. The second-order valence-corrected chi connectivity index (χ2v) is 2.92. The van der Waals surface area contributed by atoms with Gasteiger partial charge >= 0.3 is 0 Å². The molecule has 0 aromatic heterocycles. The molecule has 0 fully saturated rings. The van der Waals surface area contributed by atoms with Crippen LogP contribution in [0.25, 0.3) is 0 Å². The molecule has 0 aliphatic carbocycles. The molecule has 0 spiro atoms. The molecule has 1 nitrogen and oxygen atoms in total. The zero-order valence-electron chi connectivity index (χ0n) is 6.67. The summed E-state index contributed by atoms with van der Waals surface area (Å²) >= 11 is 2.17. The van der Waals surface area contributed by atoms with E-state index in [9.17, 15) is 4.79 Å². The second-order valence-electron chi connectivity index (χ2n) is 1.67. The van der Waals surface area contributed by atoms with Gasteiger partial charge in [0.05, 0.1) is 0 Å². The predicted octanol–water partition coefficient (Wildman–Crippen LogP) is 3.13. The van der Waals surface area contributed by atoms with Crippen molar-refractivity contribution in [1.82, 2.24) is 0 Å². The van der Waals surface area contributed by atoms with Crippen molar-refractivity contribution in [1.29, 1.82) is 0 Å². The van der Waals surface area contributed by atoms with Crippen molar-refractivity contribution in [2.45, 2.75) is 13.8 Å². The SMILES string of the molecule is CC.O=Cc1cccc(I)c1. The van der Waals surface area contributed by atoms with Crippen LogP contribution in [0.5, 0.6) is 0 Å². The van der Waals surface area contributed by atoms with Gasteiger partial charge in [-0.05, 0) is 34.7 Å². The zero-order valence-corrected chi connectivity index (χ0v) is 8.83. The van der Waals surface area contributed by atoms with Crippen molar-refractivity contribution in [2.75, 3.05) is 0 Å². The van der Waals surface area contributed by atoms with E-state index < -0.39 is 0 Å². The minimum atomic E-state index is 0.738. The third-order valence-electron chi connectivity index (χ3n) is 0.985.